The second-order valence-corrected chi connectivity index (χ2v) is 5.73. The molecule has 0 fully saturated rings. The number of anilines is 1. The third-order valence-electron chi connectivity index (χ3n) is 3.66. The Labute approximate surface area is 130 Å². The van der Waals surface area contributed by atoms with Gasteiger partial charge in [0.25, 0.3) is 0 Å². The first-order valence-electron chi connectivity index (χ1n) is 7.47. The van der Waals surface area contributed by atoms with Crippen LogP contribution in [0.25, 0.3) is 11.4 Å². The molecular formula is C15H22ClN5. The first kappa shape index (κ1) is 15.8. The van der Waals surface area contributed by atoms with E-state index in [9.17, 15) is 0 Å². The third-order valence-corrected chi connectivity index (χ3v) is 4.08. The zero-order valence-electron chi connectivity index (χ0n) is 12.6. The Morgan fingerprint density at radius 3 is 2.86 bits per heavy atom. The van der Waals surface area contributed by atoms with Crippen molar-refractivity contribution in [3.05, 3.63) is 23.2 Å². The number of nitrogen functional groups attached to an aromatic ring is 1. The average Bonchev–Trinajstić information content (AvgIpc) is 2.95. The molecule has 1 heterocycles. The van der Waals surface area contributed by atoms with E-state index in [2.05, 4.69) is 29.4 Å². The van der Waals surface area contributed by atoms with Gasteiger partial charge < -0.3 is 5.73 Å². The Balaban J connectivity index is 2.16. The largest absolute Gasteiger partial charge is 0.398 e. The van der Waals surface area contributed by atoms with Crippen molar-refractivity contribution in [1.29, 1.82) is 0 Å². The van der Waals surface area contributed by atoms with E-state index < -0.39 is 0 Å². The molecule has 0 aliphatic heterocycles. The highest BCUT2D eigenvalue weighted by atomic mass is 35.5. The van der Waals surface area contributed by atoms with Crippen LogP contribution in [0.4, 0.5) is 5.69 Å². The van der Waals surface area contributed by atoms with Crippen molar-refractivity contribution < 1.29 is 0 Å². The molecule has 0 saturated carbocycles. The van der Waals surface area contributed by atoms with Gasteiger partial charge in [0.1, 0.15) is 0 Å². The quantitative estimate of drug-likeness (QED) is 0.617. The number of benzene rings is 1. The fourth-order valence-corrected chi connectivity index (χ4v) is 2.59. The maximum absolute atomic E-state index is 6.27. The van der Waals surface area contributed by atoms with E-state index in [-0.39, 0.29) is 6.04 Å². The van der Waals surface area contributed by atoms with Crippen molar-refractivity contribution >= 4 is 17.3 Å². The van der Waals surface area contributed by atoms with Crippen LogP contribution < -0.4 is 5.73 Å². The smallest absolute Gasteiger partial charge is 0.183 e. The number of nitrogens with two attached hydrogens (primary N) is 1. The van der Waals surface area contributed by atoms with Crippen LogP contribution in [0.3, 0.4) is 0 Å². The maximum Gasteiger partial charge on any atom is 0.183 e. The molecule has 21 heavy (non-hydrogen) atoms. The van der Waals surface area contributed by atoms with Crippen molar-refractivity contribution in [2.75, 3.05) is 5.73 Å². The molecule has 0 bridgehead atoms. The van der Waals surface area contributed by atoms with Crippen LogP contribution in [0, 0.1) is 0 Å². The minimum absolute atomic E-state index is 0.240. The van der Waals surface area contributed by atoms with Crippen LogP contribution in [-0.4, -0.2) is 20.2 Å². The fourth-order valence-electron chi connectivity index (χ4n) is 2.38. The van der Waals surface area contributed by atoms with Crippen molar-refractivity contribution in [3.63, 3.8) is 0 Å². The fraction of sp³-hybridized carbons (Fsp3) is 0.533. The van der Waals surface area contributed by atoms with Gasteiger partial charge in [0.2, 0.25) is 0 Å². The first-order valence-corrected chi connectivity index (χ1v) is 7.85. The second kappa shape index (κ2) is 7.41. The highest BCUT2D eigenvalue weighted by molar-refractivity contribution is 6.35. The number of tetrazole rings is 1. The van der Waals surface area contributed by atoms with Crippen LogP contribution in [0.1, 0.15) is 52.0 Å². The van der Waals surface area contributed by atoms with E-state index >= 15 is 0 Å². The van der Waals surface area contributed by atoms with E-state index in [0.717, 1.165) is 12.0 Å². The van der Waals surface area contributed by atoms with Gasteiger partial charge in [-0.05, 0) is 35.9 Å². The summed E-state index contributed by atoms with van der Waals surface area (Å²) in [5, 5.41) is 12.5. The van der Waals surface area contributed by atoms with Crippen LogP contribution >= 0.6 is 11.6 Å². The Morgan fingerprint density at radius 2 is 2.10 bits per heavy atom. The highest BCUT2D eigenvalue weighted by Gasteiger charge is 2.17. The molecule has 1 atom stereocenters. The maximum atomic E-state index is 6.27. The van der Waals surface area contributed by atoms with Crippen molar-refractivity contribution in [3.8, 4) is 11.4 Å². The van der Waals surface area contributed by atoms with Gasteiger partial charge >= 0.3 is 0 Å². The van der Waals surface area contributed by atoms with E-state index in [1.807, 2.05) is 16.8 Å². The Hall–Kier alpha value is -1.62. The Morgan fingerprint density at radius 1 is 1.29 bits per heavy atom. The van der Waals surface area contributed by atoms with Gasteiger partial charge in [-0.25, -0.2) is 4.68 Å². The zero-order chi connectivity index (χ0) is 15.2. The molecule has 0 aliphatic rings. The van der Waals surface area contributed by atoms with Crippen LogP contribution in [0.15, 0.2) is 18.2 Å². The van der Waals surface area contributed by atoms with Gasteiger partial charge in [0.05, 0.1) is 16.8 Å². The summed E-state index contributed by atoms with van der Waals surface area (Å²) < 4.78 is 1.84. The number of aromatic nitrogens is 4. The molecule has 6 heteroatoms. The van der Waals surface area contributed by atoms with E-state index in [4.69, 9.17) is 17.3 Å². The van der Waals surface area contributed by atoms with Gasteiger partial charge in [-0.2, -0.15) is 0 Å². The van der Waals surface area contributed by atoms with Crippen molar-refractivity contribution in [2.24, 2.45) is 0 Å². The van der Waals surface area contributed by atoms with Crippen molar-refractivity contribution in [2.45, 2.75) is 52.0 Å². The van der Waals surface area contributed by atoms with Gasteiger partial charge in [-0.3, -0.25) is 0 Å². The lowest BCUT2D eigenvalue weighted by atomic mass is 10.1. The zero-order valence-corrected chi connectivity index (χ0v) is 13.3. The van der Waals surface area contributed by atoms with Gasteiger partial charge in [-0.1, -0.05) is 50.3 Å². The number of unbranched alkanes of at least 4 members (excludes halogenated alkanes) is 3. The topological polar surface area (TPSA) is 69.6 Å². The molecule has 0 saturated heterocycles. The molecule has 2 rings (SSSR count). The first-order chi connectivity index (χ1) is 10.1. The molecule has 1 aromatic carbocycles. The summed E-state index contributed by atoms with van der Waals surface area (Å²) in [5.74, 6) is 0.676. The lowest BCUT2D eigenvalue weighted by Gasteiger charge is -2.14. The molecule has 0 radical (unpaired) electrons. The lowest BCUT2D eigenvalue weighted by molar-refractivity contribution is 0.430. The molecule has 1 aromatic heterocycles. The van der Waals surface area contributed by atoms with Gasteiger partial charge in [0.15, 0.2) is 5.82 Å². The Bertz CT molecular complexity index is 581. The predicted octanol–water partition coefficient (Wildman–Crippen LogP) is 4.11. The molecule has 1 unspecified atom stereocenters. The SMILES string of the molecule is CCCCCCC(C)n1nnnc1-c1cccc(N)c1Cl. The minimum atomic E-state index is 0.240. The summed E-state index contributed by atoms with van der Waals surface area (Å²) in [6, 6.07) is 5.77. The number of hydrogen-bond donors (Lipinski definition) is 1. The summed E-state index contributed by atoms with van der Waals surface area (Å²) in [5.41, 5.74) is 7.18. The number of rotatable bonds is 7. The third kappa shape index (κ3) is 3.73. The second-order valence-electron chi connectivity index (χ2n) is 5.35. The molecule has 5 nitrogen and oxygen atoms in total. The molecule has 0 amide bonds. The molecule has 0 aliphatic carbocycles. The van der Waals surface area contributed by atoms with Gasteiger partial charge in [-0.15, -0.1) is 5.10 Å². The average molecular weight is 308 g/mol. The molecule has 2 aromatic rings. The summed E-state index contributed by atoms with van der Waals surface area (Å²) in [6.07, 6.45) is 5.99. The monoisotopic (exact) mass is 307 g/mol. The van der Waals surface area contributed by atoms with Crippen LogP contribution in [0.5, 0.6) is 0 Å². The molecule has 0 spiro atoms. The van der Waals surface area contributed by atoms with Gasteiger partial charge in [0, 0.05) is 5.56 Å². The predicted molar refractivity (Wildman–Crippen MR) is 86.1 cm³/mol. The van der Waals surface area contributed by atoms with Crippen LogP contribution in [-0.2, 0) is 0 Å². The number of nitrogens with zero attached hydrogens (tertiary/aromatic N) is 4. The summed E-state index contributed by atoms with van der Waals surface area (Å²) in [4.78, 5) is 0. The number of halogens is 1. The normalized spacial score (nSPS) is 12.5. The molecule has 114 valence electrons. The van der Waals surface area contributed by atoms with Crippen molar-refractivity contribution in [1.82, 2.24) is 20.2 Å². The van der Waals surface area contributed by atoms with E-state index in [1.54, 1.807) is 6.07 Å². The van der Waals surface area contributed by atoms with E-state index in [1.165, 1.54) is 25.7 Å². The number of hydrogen-bond acceptors (Lipinski definition) is 4. The summed E-state index contributed by atoms with van der Waals surface area (Å²) >= 11 is 6.27. The van der Waals surface area contributed by atoms with Crippen LogP contribution in [0.2, 0.25) is 5.02 Å². The van der Waals surface area contributed by atoms with E-state index in [0.29, 0.717) is 16.5 Å². The summed E-state index contributed by atoms with van der Waals surface area (Å²) in [7, 11) is 0. The lowest BCUT2D eigenvalue weighted by Crippen LogP contribution is -2.09. The minimum Gasteiger partial charge on any atom is -0.398 e. The highest BCUT2D eigenvalue weighted by Crippen LogP contribution is 2.32. The Kier molecular flexibility index (Phi) is 5.56. The molecular weight excluding hydrogens is 286 g/mol. The molecule has 2 N–H and O–H groups in total. The summed E-state index contributed by atoms with van der Waals surface area (Å²) in [6.45, 7) is 4.34. The standard InChI is InChI=1S/C15H22ClN5/c1-3-4-5-6-8-11(2)21-15(18-19-20-21)12-9-7-10-13(17)14(12)16/h7,9-11H,3-6,8,17H2,1-2H3.